The van der Waals surface area contributed by atoms with E-state index in [4.69, 9.17) is 0 Å². The van der Waals surface area contributed by atoms with Crippen molar-refractivity contribution in [2.45, 2.75) is 6.54 Å². The second-order valence-electron chi connectivity index (χ2n) is 4.38. The molecule has 3 rings (SSSR count). The topological polar surface area (TPSA) is 59.8 Å². The highest BCUT2D eigenvalue weighted by Gasteiger charge is 2.07. The van der Waals surface area contributed by atoms with Gasteiger partial charge < -0.3 is 14.9 Å². The van der Waals surface area contributed by atoms with Crippen LogP contribution in [0.2, 0.25) is 0 Å². The average molecular weight is 252 g/mol. The van der Waals surface area contributed by atoms with E-state index in [0.29, 0.717) is 0 Å². The number of rotatable bonds is 3. The molecule has 4 heteroatoms. The number of fused-ring (bicyclic) bond motifs is 1. The summed E-state index contributed by atoms with van der Waals surface area (Å²) >= 11 is 0. The number of carboxylic acids is 1. The Morgan fingerprint density at radius 3 is 2.63 bits per heavy atom. The molecule has 0 radical (unpaired) electrons. The lowest BCUT2D eigenvalue weighted by Gasteiger charge is -2.00. The monoisotopic (exact) mass is 252 g/mol. The smallest absolute Gasteiger partial charge is 0.187 e. The maximum atomic E-state index is 10.5. The summed E-state index contributed by atoms with van der Waals surface area (Å²) < 4.78 is 1.58. The molecule has 4 nitrogen and oxygen atoms in total. The third-order valence-corrected chi connectivity index (χ3v) is 3.10. The number of carboxylic acid groups (broad SMARTS) is 1. The number of aromatic nitrogens is 2. The summed E-state index contributed by atoms with van der Waals surface area (Å²) in [5, 5.41) is 11.7. The van der Waals surface area contributed by atoms with Gasteiger partial charge in [0.15, 0.2) is 18.9 Å². The number of benzene rings is 1. The van der Waals surface area contributed by atoms with Crippen molar-refractivity contribution >= 4 is 16.9 Å². The van der Waals surface area contributed by atoms with Gasteiger partial charge in [0, 0.05) is 34.8 Å². The first kappa shape index (κ1) is 11.5. The van der Waals surface area contributed by atoms with Crippen LogP contribution in [0.3, 0.4) is 0 Å². The fourth-order valence-electron chi connectivity index (χ4n) is 2.20. The molecule has 0 aliphatic rings. The van der Waals surface area contributed by atoms with Crippen LogP contribution >= 0.6 is 0 Å². The minimum absolute atomic E-state index is 0.131. The number of nitrogens with zero attached hydrogens (tertiary/aromatic N) is 1. The van der Waals surface area contributed by atoms with Crippen molar-refractivity contribution in [3.8, 4) is 11.1 Å². The lowest BCUT2D eigenvalue weighted by atomic mass is 10.1. The number of hydrogen-bond acceptors (Lipinski definition) is 2. The molecule has 0 atom stereocenters. The Morgan fingerprint density at radius 1 is 1.16 bits per heavy atom. The molecule has 94 valence electrons. The summed E-state index contributed by atoms with van der Waals surface area (Å²) in [6, 6.07) is 11.9. The number of nitrogens with one attached hydrogen (secondary N) is 1. The molecule has 19 heavy (non-hydrogen) atoms. The van der Waals surface area contributed by atoms with Gasteiger partial charge in [0.25, 0.3) is 0 Å². The van der Waals surface area contributed by atoms with E-state index in [2.05, 4.69) is 11.1 Å². The zero-order chi connectivity index (χ0) is 13.2. The van der Waals surface area contributed by atoms with Crippen LogP contribution in [0, 0.1) is 0 Å². The minimum atomic E-state index is -1.09. The summed E-state index contributed by atoms with van der Waals surface area (Å²) in [5.41, 5.74) is 3.24. The molecule has 2 heterocycles. The molecule has 0 amide bonds. The van der Waals surface area contributed by atoms with Crippen LogP contribution in [0.4, 0.5) is 0 Å². The first-order chi connectivity index (χ1) is 9.24. The molecule has 0 spiro atoms. The maximum Gasteiger partial charge on any atom is 0.187 e. The second kappa shape index (κ2) is 4.57. The van der Waals surface area contributed by atoms with Crippen molar-refractivity contribution in [1.82, 2.24) is 4.98 Å². The van der Waals surface area contributed by atoms with Crippen molar-refractivity contribution in [2.24, 2.45) is 0 Å². The van der Waals surface area contributed by atoms with E-state index < -0.39 is 5.97 Å². The molecule has 0 bridgehead atoms. The van der Waals surface area contributed by atoms with Crippen LogP contribution in [0.25, 0.3) is 22.0 Å². The van der Waals surface area contributed by atoms with Crippen LogP contribution in [0.15, 0.2) is 55.0 Å². The Labute approximate surface area is 109 Å². The Kier molecular flexibility index (Phi) is 2.76. The number of para-hydroxylation sites is 1. The molecule has 0 saturated carbocycles. The summed E-state index contributed by atoms with van der Waals surface area (Å²) in [7, 11) is 0. The van der Waals surface area contributed by atoms with Crippen molar-refractivity contribution < 1.29 is 14.5 Å². The van der Waals surface area contributed by atoms with Crippen molar-refractivity contribution in [1.29, 1.82) is 0 Å². The molecule has 0 fully saturated rings. The van der Waals surface area contributed by atoms with Crippen LogP contribution in [0.1, 0.15) is 0 Å². The van der Waals surface area contributed by atoms with Gasteiger partial charge >= 0.3 is 0 Å². The van der Waals surface area contributed by atoms with Crippen LogP contribution < -0.4 is 9.67 Å². The highest BCUT2D eigenvalue weighted by molar-refractivity contribution is 5.95. The molecule has 1 N–H and O–H groups in total. The molecule has 1 aromatic carbocycles. The maximum absolute atomic E-state index is 10.5. The van der Waals surface area contributed by atoms with E-state index in [9.17, 15) is 9.90 Å². The lowest BCUT2D eigenvalue weighted by Crippen LogP contribution is -2.43. The van der Waals surface area contributed by atoms with Gasteiger partial charge in [0.05, 0.1) is 0 Å². The normalized spacial score (nSPS) is 10.7. The molecule has 0 aliphatic carbocycles. The van der Waals surface area contributed by atoms with Gasteiger partial charge in [0.1, 0.15) is 5.97 Å². The fourth-order valence-corrected chi connectivity index (χ4v) is 2.20. The van der Waals surface area contributed by atoms with Gasteiger partial charge in [-0.2, -0.15) is 4.57 Å². The van der Waals surface area contributed by atoms with Gasteiger partial charge in [-0.05, 0) is 11.6 Å². The van der Waals surface area contributed by atoms with E-state index in [1.165, 1.54) is 0 Å². The Balaban J connectivity index is 2.00. The van der Waals surface area contributed by atoms with Crippen molar-refractivity contribution in [3.63, 3.8) is 0 Å². The van der Waals surface area contributed by atoms with Crippen LogP contribution in [-0.4, -0.2) is 11.0 Å². The molecular weight excluding hydrogens is 240 g/mol. The summed E-state index contributed by atoms with van der Waals surface area (Å²) in [6.07, 6.45) is 5.45. The van der Waals surface area contributed by atoms with Crippen molar-refractivity contribution in [2.75, 3.05) is 0 Å². The van der Waals surface area contributed by atoms with E-state index in [1.54, 1.807) is 17.0 Å². The highest BCUT2D eigenvalue weighted by Crippen LogP contribution is 2.27. The summed E-state index contributed by atoms with van der Waals surface area (Å²) in [5.74, 6) is -1.09. The zero-order valence-electron chi connectivity index (χ0n) is 10.2. The van der Waals surface area contributed by atoms with Gasteiger partial charge in [-0.3, -0.25) is 0 Å². The van der Waals surface area contributed by atoms with Crippen molar-refractivity contribution in [3.05, 3.63) is 55.0 Å². The number of carbonyl (C=O) groups excluding carboxylic acids is 1. The fraction of sp³-hybridized carbons (Fsp3) is 0.0667. The Morgan fingerprint density at radius 2 is 1.89 bits per heavy atom. The third-order valence-electron chi connectivity index (χ3n) is 3.10. The zero-order valence-corrected chi connectivity index (χ0v) is 10.2. The molecular formula is C15H12N2O2. The van der Waals surface area contributed by atoms with E-state index >= 15 is 0 Å². The quantitative estimate of drug-likeness (QED) is 0.703. The third kappa shape index (κ3) is 2.20. The minimum Gasteiger partial charge on any atom is -0.544 e. The van der Waals surface area contributed by atoms with E-state index in [-0.39, 0.29) is 6.54 Å². The summed E-state index contributed by atoms with van der Waals surface area (Å²) in [4.78, 5) is 13.7. The Hall–Kier alpha value is -2.62. The molecule has 2 aromatic heterocycles. The SMILES string of the molecule is O=C([O-])C[n+]1ccc(-c2c[nH]c3ccccc23)cc1. The van der Waals surface area contributed by atoms with Gasteiger partial charge in [-0.1, -0.05) is 18.2 Å². The predicted octanol–water partition coefficient (Wildman–Crippen LogP) is 0.872. The standard InChI is InChI=1S/C15H12N2O2/c18-15(19)10-17-7-5-11(6-8-17)13-9-16-14-4-2-1-3-12(13)14/h1-9H,10H2,(H,18,19). The number of aliphatic carboxylic acids is 1. The van der Waals surface area contributed by atoms with Crippen LogP contribution in [-0.2, 0) is 11.3 Å². The Bertz CT molecular complexity index is 729. The number of carbonyl (C=O) groups is 1. The predicted molar refractivity (Wildman–Crippen MR) is 68.9 cm³/mol. The van der Waals surface area contributed by atoms with E-state index in [0.717, 1.165) is 22.0 Å². The van der Waals surface area contributed by atoms with Gasteiger partial charge in [-0.15, -0.1) is 0 Å². The first-order valence-electron chi connectivity index (χ1n) is 5.99. The molecule has 0 unspecified atom stereocenters. The molecule has 3 aromatic rings. The number of H-pyrrole nitrogens is 1. The first-order valence-corrected chi connectivity index (χ1v) is 5.99. The largest absolute Gasteiger partial charge is 0.544 e. The van der Waals surface area contributed by atoms with E-state index in [1.807, 2.05) is 36.5 Å². The number of aromatic amines is 1. The lowest BCUT2D eigenvalue weighted by molar-refractivity contribution is -0.690. The average Bonchev–Trinajstić information content (AvgIpc) is 2.83. The van der Waals surface area contributed by atoms with Gasteiger partial charge in [-0.25, -0.2) is 0 Å². The molecule has 0 saturated heterocycles. The summed E-state index contributed by atoms with van der Waals surface area (Å²) in [6.45, 7) is -0.131. The second-order valence-corrected chi connectivity index (χ2v) is 4.38. The number of pyridine rings is 1. The highest BCUT2D eigenvalue weighted by atomic mass is 16.4. The van der Waals surface area contributed by atoms with Crippen LogP contribution in [0.5, 0.6) is 0 Å². The van der Waals surface area contributed by atoms with Gasteiger partial charge in [0.2, 0.25) is 0 Å². The number of hydrogen-bond donors (Lipinski definition) is 1. The molecule has 0 aliphatic heterocycles.